The average Bonchev–Trinajstić information content (AvgIpc) is 2.41. The number of fused-ring (bicyclic) bond motifs is 1. The maximum absolute atomic E-state index is 11.9. The SMILES string of the molecule is C=C[C@@H]1CC[C@@]2(C)C(=O)CCC[C@@]12O. The van der Waals surface area contributed by atoms with Gasteiger partial charge in [-0.1, -0.05) is 6.08 Å². The van der Waals surface area contributed by atoms with E-state index in [0.717, 1.165) is 25.7 Å². The van der Waals surface area contributed by atoms with E-state index in [2.05, 4.69) is 6.58 Å². The van der Waals surface area contributed by atoms with Gasteiger partial charge in [0.2, 0.25) is 0 Å². The van der Waals surface area contributed by atoms with Crippen molar-refractivity contribution in [2.24, 2.45) is 11.3 Å². The van der Waals surface area contributed by atoms with Crippen LogP contribution in [0.5, 0.6) is 0 Å². The number of carbonyl (C=O) groups excluding carboxylic acids is 1. The summed E-state index contributed by atoms with van der Waals surface area (Å²) >= 11 is 0. The van der Waals surface area contributed by atoms with Crippen molar-refractivity contribution >= 4 is 5.78 Å². The largest absolute Gasteiger partial charge is 0.388 e. The fourth-order valence-corrected chi connectivity index (χ4v) is 3.26. The Bertz CT molecular complexity index is 284. The first-order valence-corrected chi connectivity index (χ1v) is 5.43. The maximum atomic E-state index is 11.9. The van der Waals surface area contributed by atoms with Crippen molar-refractivity contribution in [2.45, 2.75) is 44.6 Å². The zero-order valence-electron chi connectivity index (χ0n) is 8.75. The molecule has 0 aromatic heterocycles. The molecule has 0 aliphatic heterocycles. The van der Waals surface area contributed by atoms with Gasteiger partial charge in [-0.2, -0.15) is 0 Å². The average molecular weight is 194 g/mol. The van der Waals surface area contributed by atoms with Gasteiger partial charge in [-0.05, 0) is 32.6 Å². The minimum atomic E-state index is -0.802. The number of carbonyl (C=O) groups is 1. The second-order valence-corrected chi connectivity index (χ2v) is 4.91. The topological polar surface area (TPSA) is 37.3 Å². The number of Topliss-reactive ketones (excluding diaryl/α,β-unsaturated/α-hetero) is 1. The smallest absolute Gasteiger partial charge is 0.141 e. The van der Waals surface area contributed by atoms with Crippen molar-refractivity contribution < 1.29 is 9.90 Å². The zero-order chi connectivity index (χ0) is 10.4. The summed E-state index contributed by atoms with van der Waals surface area (Å²) < 4.78 is 0. The molecule has 14 heavy (non-hydrogen) atoms. The monoisotopic (exact) mass is 194 g/mol. The van der Waals surface area contributed by atoms with Gasteiger partial charge in [0.15, 0.2) is 0 Å². The van der Waals surface area contributed by atoms with Gasteiger partial charge in [0.1, 0.15) is 5.78 Å². The first kappa shape index (κ1) is 9.91. The Hall–Kier alpha value is -0.630. The van der Waals surface area contributed by atoms with Gasteiger partial charge in [-0.15, -0.1) is 6.58 Å². The molecule has 0 heterocycles. The van der Waals surface area contributed by atoms with Crippen LogP contribution in [0.3, 0.4) is 0 Å². The number of hydrogen-bond acceptors (Lipinski definition) is 2. The maximum Gasteiger partial charge on any atom is 0.141 e. The van der Waals surface area contributed by atoms with Crippen LogP contribution in [0.25, 0.3) is 0 Å². The molecule has 2 fully saturated rings. The van der Waals surface area contributed by atoms with E-state index in [1.165, 1.54) is 0 Å². The van der Waals surface area contributed by atoms with E-state index < -0.39 is 11.0 Å². The van der Waals surface area contributed by atoms with E-state index in [-0.39, 0.29) is 11.7 Å². The number of aliphatic hydroxyl groups is 1. The summed E-state index contributed by atoms with van der Waals surface area (Å²) in [7, 11) is 0. The van der Waals surface area contributed by atoms with Crippen LogP contribution >= 0.6 is 0 Å². The molecule has 2 saturated carbocycles. The van der Waals surface area contributed by atoms with Crippen molar-refractivity contribution in [2.75, 3.05) is 0 Å². The minimum absolute atomic E-state index is 0.108. The zero-order valence-corrected chi connectivity index (χ0v) is 8.75. The molecule has 2 aliphatic rings. The van der Waals surface area contributed by atoms with E-state index in [4.69, 9.17) is 0 Å². The highest BCUT2D eigenvalue weighted by atomic mass is 16.3. The van der Waals surface area contributed by atoms with Gasteiger partial charge in [-0.25, -0.2) is 0 Å². The molecule has 2 aliphatic carbocycles. The molecule has 0 spiro atoms. The summed E-state index contributed by atoms with van der Waals surface area (Å²) in [6.45, 7) is 5.69. The highest BCUT2D eigenvalue weighted by Crippen LogP contribution is 2.56. The summed E-state index contributed by atoms with van der Waals surface area (Å²) in [5.74, 6) is 0.354. The van der Waals surface area contributed by atoms with Crippen LogP contribution < -0.4 is 0 Å². The molecule has 3 atom stereocenters. The number of rotatable bonds is 1. The molecule has 0 saturated heterocycles. The van der Waals surface area contributed by atoms with Crippen molar-refractivity contribution in [3.8, 4) is 0 Å². The first-order chi connectivity index (χ1) is 6.54. The molecule has 2 heteroatoms. The van der Waals surface area contributed by atoms with Crippen LogP contribution in [-0.4, -0.2) is 16.5 Å². The fraction of sp³-hybridized carbons (Fsp3) is 0.750. The molecular weight excluding hydrogens is 176 g/mol. The lowest BCUT2D eigenvalue weighted by Crippen LogP contribution is -2.53. The Morgan fingerprint density at radius 2 is 2.29 bits per heavy atom. The van der Waals surface area contributed by atoms with E-state index >= 15 is 0 Å². The van der Waals surface area contributed by atoms with Crippen LogP contribution in [-0.2, 0) is 4.79 Å². The molecule has 2 nitrogen and oxygen atoms in total. The lowest BCUT2D eigenvalue weighted by molar-refractivity contribution is -0.152. The van der Waals surface area contributed by atoms with Gasteiger partial charge in [-0.3, -0.25) is 4.79 Å². The van der Waals surface area contributed by atoms with Crippen LogP contribution in [0, 0.1) is 11.3 Å². The predicted molar refractivity (Wildman–Crippen MR) is 54.8 cm³/mol. The van der Waals surface area contributed by atoms with Gasteiger partial charge in [0, 0.05) is 12.3 Å². The van der Waals surface area contributed by atoms with Gasteiger partial charge in [0.25, 0.3) is 0 Å². The third-order valence-electron chi connectivity index (χ3n) is 4.39. The summed E-state index contributed by atoms with van der Waals surface area (Å²) in [5.41, 5.74) is -1.30. The Balaban J connectivity index is 2.41. The molecule has 2 rings (SSSR count). The van der Waals surface area contributed by atoms with Crippen LogP contribution in [0.4, 0.5) is 0 Å². The molecule has 0 radical (unpaired) electrons. The van der Waals surface area contributed by atoms with Crippen LogP contribution in [0.15, 0.2) is 12.7 Å². The Morgan fingerprint density at radius 1 is 1.57 bits per heavy atom. The normalized spacial score (nSPS) is 47.6. The first-order valence-electron chi connectivity index (χ1n) is 5.43. The Kier molecular flexibility index (Phi) is 2.07. The molecule has 0 aromatic rings. The van der Waals surface area contributed by atoms with E-state index in [1.54, 1.807) is 0 Å². The van der Waals surface area contributed by atoms with Gasteiger partial charge < -0.3 is 5.11 Å². The number of hydrogen-bond donors (Lipinski definition) is 1. The second-order valence-electron chi connectivity index (χ2n) is 4.91. The third kappa shape index (κ3) is 0.977. The quantitative estimate of drug-likeness (QED) is 0.649. The van der Waals surface area contributed by atoms with Gasteiger partial charge in [0.05, 0.1) is 11.0 Å². The second kappa shape index (κ2) is 2.93. The van der Waals surface area contributed by atoms with Crippen molar-refractivity contribution in [3.05, 3.63) is 12.7 Å². The molecule has 0 aromatic carbocycles. The van der Waals surface area contributed by atoms with Crippen LogP contribution in [0.2, 0.25) is 0 Å². The fourth-order valence-electron chi connectivity index (χ4n) is 3.26. The summed E-state index contributed by atoms with van der Waals surface area (Å²) in [6.07, 6.45) is 5.77. The summed E-state index contributed by atoms with van der Waals surface area (Å²) in [4.78, 5) is 11.9. The molecule has 0 unspecified atom stereocenters. The Morgan fingerprint density at radius 3 is 2.93 bits per heavy atom. The van der Waals surface area contributed by atoms with E-state index in [0.29, 0.717) is 6.42 Å². The lowest BCUT2D eigenvalue weighted by Gasteiger charge is -2.44. The van der Waals surface area contributed by atoms with Crippen LogP contribution in [0.1, 0.15) is 39.0 Å². The predicted octanol–water partition coefficient (Wildman–Crippen LogP) is 2.07. The third-order valence-corrected chi connectivity index (χ3v) is 4.39. The number of ketones is 1. The highest BCUT2D eigenvalue weighted by molar-refractivity contribution is 5.87. The summed E-state index contributed by atoms with van der Waals surface area (Å²) in [5, 5.41) is 10.6. The van der Waals surface area contributed by atoms with E-state index in [1.807, 2.05) is 13.0 Å². The highest BCUT2D eigenvalue weighted by Gasteiger charge is 2.60. The molecular formula is C12H18O2. The van der Waals surface area contributed by atoms with Gasteiger partial charge >= 0.3 is 0 Å². The molecule has 1 N–H and O–H groups in total. The summed E-state index contributed by atoms with van der Waals surface area (Å²) in [6, 6.07) is 0. The van der Waals surface area contributed by atoms with Crippen molar-refractivity contribution in [1.29, 1.82) is 0 Å². The minimum Gasteiger partial charge on any atom is -0.388 e. The molecule has 78 valence electrons. The van der Waals surface area contributed by atoms with Crippen molar-refractivity contribution in [1.82, 2.24) is 0 Å². The standard InChI is InChI=1S/C12H18O2/c1-3-9-6-8-11(2)10(13)5-4-7-12(9,11)14/h3,9,14H,1,4-8H2,2H3/t9-,11+,12-/m1/s1. The van der Waals surface area contributed by atoms with E-state index in [9.17, 15) is 9.90 Å². The lowest BCUT2D eigenvalue weighted by atomic mass is 9.63. The van der Waals surface area contributed by atoms with Crippen molar-refractivity contribution in [3.63, 3.8) is 0 Å². The Labute approximate surface area is 85.0 Å². The molecule has 0 bridgehead atoms. The molecule has 0 amide bonds.